The van der Waals surface area contributed by atoms with Crippen LogP contribution in [0.4, 0.5) is 0 Å². The number of rotatable bonds is 3. The lowest BCUT2D eigenvalue weighted by atomic mass is 10.1. The molecule has 1 aromatic carbocycles. The second-order valence-corrected chi connectivity index (χ2v) is 6.87. The van der Waals surface area contributed by atoms with Gasteiger partial charge in [-0.25, -0.2) is 0 Å². The minimum Gasteiger partial charge on any atom is -0.374 e. The lowest BCUT2D eigenvalue weighted by molar-refractivity contribution is -0.0370. The van der Waals surface area contributed by atoms with Gasteiger partial charge in [-0.1, -0.05) is 23.7 Å². The highest BCUT2D eigenvalue weighted by Crippen LogP contribution is 2.27. The number of aromatic nitrogens is 2. The third-order valence-corrected chi connectivity index (χ3v) is 5.11. The Bertz CT molecular complexity index is 689. The van der Waals surface area contributed by atoms with Crippen molar-refractivity contribution in [3.8, 4) is 11.3 Å². The highest BCUT2D eigenvalue weighted by molar-refractivity contribution is 6.30. The van der Waals surface area contributed by atoms with Gasteiger partial charge in [0.05, 0.1) is 24.6 Å². The average molecular weight is 333 g/mol. The van der Waals surface area contributed by atoms with Crippen molar-refractivity contribution >= 4 is 11.6 Å². The number of ether oxygens (including phenoxy) is 1. The van der Waals surface area contributed by atoms with Gasteiger partial charge in [-0.3, -0.25) is 14.9 Å². The number of likely N-dealkylation sites (tertiary alicyclic amines) is 1. The van der Waals surface area contributed by atoms with Gasteiger partial charge >= 0.3 is 0 Å². The van der Waals surface area contributed by atoms with Crippen LogP contribution < -0.4 is 0 Å². The molecule has 0 bridgehead atoms. The fourth-order valence-corrected chi connectivity index (χ4v) is 3.82. The predicted molar refractivity (Wildman–Crippen MR) is 90.5 cm³/mol. The van der Waals surface area contributed by atoms with Gasteiger partial charge in [-0.15, -0.1) is 0 Å². The van der Waals surface area contributed by atoms with Crippen LogP contribution in [0.2, 0.25) is 5.02 Å². The number of hydrogen-bond donors (Lipinski definition) is 1. The van der Waals surface area contributed by atoms with Gasteiger partial charge in [0.15, 0.2) is 0 Å². The molecule has 0 aliphatic carbocycles. The number of benzene rings is 1. The fraction of sp³-hybridized carbons (Fsp3) is 0.471. The second-order valence-electron chi connectivity index (χ2n) is 6.43. The summed E-state index contributed by atoms with van der Waals surface area (Å²) in [6.45, 7) is 4.76. The SMILES string of the molecule is CN1CCO[C@H]2CN(Cc3cn[nH]c3-c3cccc(Cl)c3)C[C@H]21. The zero-order chi connectivity index (χ0) is 15.8. The number of morpholine rings is 1. The summed E-state index contributed by atoms with van der Waals surface area (Å²) in [5.74, 6) is 0. The van der Waals surface area contributed by atoms with Crippen molar-refractivity contribution < 1.29 is 4.74 Å². The molecule has 0 saturated carbocycles. The molecule has 2 aliphatic rings. The minimum absolute atomic E-state index is 0.329. The van der Waals surface area contributed by atoms with Crippen LogP contribution in [0.3, 0.4) is 0 Å². The first-order valence-electron chi connectivity index (χ1n) is 8.03. The highest BCUT2D eigenvalue weighted by Gasteiger charge is 2.38. The van der Waals surface area contributed by atoms with Gasteiger partial charge in [0, 0.05) is 48.4 Å². The van der Waals surface area contributed by atoms with Crippen LogP contribution >= 0.6 is 11.6 Å². The molecule has 0 unspecified atom stereocenters. The first-order chi connectivity index (χ1) is 11.2. The summed E-state index contributed by atoms with van der Waals surface area (Å²) in [6, 6.07) is 8.39. The van der Waals surface area contributed by atoms with E-state index in [1.807, 2.05) is 24.4 Å². The molecular weight excluding hydrogens is 312 g/mol. The minimum atomic E-state index is 0.329. The number of hydrogen-bond acceptors (Lipinski definition) is 4. The van der Waals surface area contributed by atoms with Crippen LogP contribution in [0.25, 0.3) is 11.3 Å². The van der Waals surface area contributed by atoms with E-state index in [4.69, 9.17) is 16.3 Å². The van der Waals surface area contributed by atoms with Gasteiger partial charge < -0.3 is 4.74 Å². The number of nitrogens with one attached hydrogen (secondary N) is 1. The summed E-state index contributed by atoms with van der Waals surface area (Å²) in [6.07, 6.45) is 2.25. The molecule has 6 heteroatoms. The molecule has 0 amide bonds. The van der Waals surface area contributed by atoms with Gasteiger partial charge in [-0.2, -0.15) is 5.10 Å². The van der Waals surface area contributed by atoms with Gasteiger partial charge in [0.25, 0.3) is 0 Å². The van der Waals surface area contributed by atoms with Crippen molar-refractivity contribution in [2.75, 3.05) is 33.3 Å². The van der Waals surface area contributed by atoms with E-state index in [1.54, 1.807) is 0 Å². The van der Waals surface area contributed by atoms with Crippen LogP contribution in [0, 0.1) is 0 Å². The molecule has 2 aromatic rings. The first-order valence-corrected chi connectivity index (χ1v) is 8.41. The summed E-state index contributed by atoms with van der Waals surface area (Å²) in [7, 11) is 2.19. The topological polar surface area (TPSA) is 44.4 Å². The zero-order valence-corrected chi connectivity index (χ0v) is 14.0. The third kappa shape index (κ3) is 3.02. The van der Waals surface area contributed by atoms with Crippen molar-refractivity contribution in [3.63, 3.8) is 0 Å². The van der Waals surface area contributed by atoms with Crippen molar-refractivity contribution in [2.45, 2.75) is 18.7 Å². The maximum absolute atomic E-state index is 6.12. The smallest absolute Gasteiger partial charge is 0.0869 e. The van der Waals surface area contributed by atoms with E-state index in [-0.39, 0.29) is 0 Å². The molecule has 3 heterocycles. The Morgan fingerprint density at radius 3 is 3.13 bits per heavy atom. The van der Waals surface area contributed by atoms with E-state index in [0.717, 1.165) is 49.1 Å². The van der Waals surface area contributed by atoms with Crippen molar-refractivity contribution in [3.05, 3.63) is 41.0 Å². The molecule has 0 spiro atoms. The molecular formula is C17H21ClN4O. The lowest BCUT2D eigenvalue weighted by Crippen LogP contribution is -2.48. The van der Waals surface area contributed by atoms with Gasteiger partial charge in [0.2, 0.25) is 0 Å². The number of nitrogens with zero attached hydrogens (tertiary/aromatic N) is 3. The molecule has 23 heavy (non-hydrogen) atoms. The Labute approximate surface area is 141 Å². The van der Waals surface area contributed by atoms with E-state index >= 15 is 0 Å². The Kier molecular flexibility index (Phi) is 4.11. The summed E-state index contributed by atoms with van der Waals surface area (Å²) in [4.78, 5) is 4.87. The third-order valence-electron chi connectivity index (χ3n) is 4.88. The van der Waals surface area contributed by atoms with Crippen molar-refractivity contribution in [1.29, 1.82) is 0 Å². The van der Waals surface area contributed by atoms with E-state index in [2.05, 4.69) is 33.1 Å². The largest absolute Gasteiger partial charge is 0.374 e. The monoisotopic (exact) mass is 332 g/mol. The molecule has 0 radical (unpaired) electrons. The first kappa shape index (κ1) is 15.1. The molecule has 1 N–H and O–H groups in total. The molecule has 2 saturated heterocycles. The molecule has 2 aliphatic heterocycles. The van der Waals surface area contributed by atoms with Crippen molar-refractivity contribution in [1.82, 2.24) is 20.0 Å². The van der Waals surface area contributed by atoms with Crippen LogP contribution in [-0.4, -0.2) is 65.4 Å². The van der Waals surface area contributed by atoms with E-state index < -0.39 is 0 Å². The Morgan fingerprint density at radius 2 is 2.30 bits per heavy atom. The van der Waals surface area contributed by atoms with Crippen molar-refractivity contribution in [2.24, 2.45) is 0 Å². The maximum atomic E-state index is 6.12. The molecule has 2 atom stereocenters. The maximum Gasteiger partial charge on any atom is 0.0869 e. The summed E-state index contributed by atoms with van der Waals surface area (Å²) in [5.41, 5.74) is 3.33. The summed E-state index contributed by atoms with van der Waals surface area (Å²) >= 11 is 6.12. The fourth-order valence-electron chi connectivity index (χ4n) is 3.63. The number of likely N-dealkylation sites (N-methyl/N-ethyl adjacent to an activating group) is 1. The molecule has 4 rings (SSSR count). The lowest BCUT2D eigenvalue weighted by Gasteiger charge is -2.33. The molecule has 5 nitrogen and oxygen atoms in total. The van der Waals surface area contributed by atoms with Gasteiger partial charge in [-0.05, 0) is 19.2 Å². The van der Waals surface area contributed by atoms with Crippen LogP contribution in [0.5, 0.6) is 0 Å². The predicted octanol–water partition coefficient (Wildman–Crippen LogP) is 2.24. The number of fused-ring (bicyclic) bond motifs is 1. The zero-order valence-electron chi connectivity index (χ0n) is 13.2. The van der Waals surface area contributed by atoms with E-state index in [9.17, 15) is 0 Å². The Hall–Kier alpha value is -1.40. The normalized spacial score (nSPS) is 25.7. The molecule has 2 fully saturated rings. The quantitative estimate of drug-likeness (QED) is 0.936. The van der Waals surface area contributed by atoms with E-state index in [1.165, 1.54) is 5.56 Å². The Balaban J connectivity index is 1.51. The Morgan fingerprint density at radius 1 is 1.39 bits per heavy atom. The van der Waals surface area contributed by atoms with Crippen LogP contribution in [0.1, 0.15) is 5.56 Å². The van der Waals surface area contributed by atoms with Crippen LogP contribution in [0.15, 0.2) is 30.5 Å². The molecule has 122 valence electrons. The highest BCUT2D eigenvalue weighted by atomic mass is 35.5. The second kappa shape index (κ2) is 6.24. The number of aromatic amines is 1. The standard InChI is InChI=1S/C17H21ClN4O/c1-21-5-6-23-16-11-22(10-15(16)21)9-13-8-19-20-17(13)12-3-2-4-14(18)7-12/h2-4,7-8,15-16H,5-6,9-11H2,1H3,(H,19,20)/t15-,16+/m1/s1. The van der Waals surface area contributed by atoms with Gasteiger partial charge in [0.1, 0.15) is 0 Å². The molecule has 1 aromatic heterocycles. The number of H-pyrrole nitrogens is 1. The van der Waals surface area contributed by atoms with E-state index in [0.29, 0.717) is 12.1 Å². The summed E-state index contributed by atoms with van der Waals surface area (Å²) in [5, 5.41) is 8.10. The average Bonchev–Trinajstić information content (AvgIpc) is 3.15. The number of halogens is 1. The summed E-state index contributed by atoms with van der Waals surface area (Å²) < 4.78 is 5.93. The van der Waals surface area contributed by atoms with Crippen LogP contribution in [-0.2, 0) is 11.3 Å².